The molecule has 0 heterocycles. The molecule has 2 heteroatoms. The van der Waals surface area contributed by atoms with Gasteiger partial charge in [0.15, 0.2) is 0 Å². The van der Waals surface area contributed by atoms with Gasteiger partial charge in [0.25, 0.3) is 0 Å². The molecular weight excluding hydrogens is 198 g/mol. The Morgan fingerprint density at radius 3 is 2.44 bits per heavy atom. The van der Waals surface area contributed by atoms with E-state index < -0.39 is 0 Å². The Balaban J connectivity index is 2.29. The molecule has 0 radical (unpaired) electrons. The van der Waals surface area contributed by atoms with Gasteiger partial charge in [-0.25, -0.2) is 0 Å². The van der Waals surface area contributed by atoms with Gasteiger partial charge >= 0.3 is 0 Å². The number of benzene rings is 2. The number of ether oxygens (including phenoxy) is 1. The van der Waals surface area contributed by atoms with Crippen LogP contribution in [-0.2, 0) is 0 Å². The fourth-order valence-electron chi connectivity index (χ4n) is 1.50. The zero-order valence-corrected chi connectivity index (χ0v) is 8.97. The molecule has 2 nitrogen and oxygen atoms in total. The number of para-hydroxylation sites is 1. The van der Waals surface area contributed by atoms with E-state index in [0.717, 1.165) is 11.3 Å². The minimum Gasteiger partial charge on any atom is -0.457 e. The van der Waals surface area contributed by atoms with Crippen LogP contribution in [0.1, 0.15) is 11.1 Å². The van der Waals surface area contributed by atoms with Gasteiger partial charge in [0.05, 0.1) is 11.6 Å². The highest BCUT2D eigenvalue weighted by molar-refractivity contribution is 5.42. The van der Waals surface area contributed by atoms with Crippen LogP contribution < -0.4 is 4.74 Å². The van der Waals surface area contributed by atoms with Gasteiger partial charge in [-0.3, -0.25) is 0 Å². The first-order valence-electron chi connectivity index (χ1n) is 5.02. The van der Waals surface area contributed by atoms with Crippen molar-refractivity contribution in [2.24, 2.45) is 0 Å². The molecule has 2 rings (SSSR count). The second-order valence-electron chi connectivity index (χ2n) is 3.56. The number of rotatable bonds is 2. The van der Waals surface area contributed by atoms with E-state index in [4.69, 9.17) is 10.00 Å². The van der Waals surface area contributed by atoms with Crippen LogP contribution in [0.15, 0.2) is 48.5 Å². The number of hydrogen-bond donors (Lipinski definition) is 0. The van der Waals surface area contributed by atoms with E-state index >= 15 is 0 Å². The summed E-state index contributed by atoms with van der Waals surface area (Å²) in [4.78, 5) is 0. The van der Waals surface area contributed by atoms with Crippen LogP contribution in [0.2, 0.25) is 0 Å². The molecule has 0 saturated carbocycles. The van der Waals surface area contributed by atoms with Gasteiger partial charge in [-0.1, -0.05) is 18.2 Å². The molecule has 0 aromatic heterocycles. The minimum absolute atomic E-state index is 0.617. The molecule has 0 spiro atoms. The highest BCUT2D eigenvalue weighted by Gasteiger charge is 2.00. The van der Waals surface area contributed by atoms with Crippen molar-refractivity contribution in [2.45, 2.75) is 6.92 Å². The van der Waals surface area contributed by atoms with Crippen LogP contribution >= 0.6 is 0 Å². The smallest absolute Gasteiger partial charge is 0.129 e. The normalized spacial score (nSPS) is 9.50. The Morgan fingerprint density at radius 1 is 1.00 bits per heavy atom. The average Bonchev–Trinajstić information content (AvgIpc) is 2.29. The van der Waals surface area contributed by atoms with Gasteiger partial charge in [0.1, 0.15) is 11.5 Å². The van der Waals surface area contributed by atoms with Crippen LogP contribution in [0, 0.1) is 18.3 Å². The van der Waals surface area contributed by atoms with E-state index in [-0.39, 0.29) is 0 Å². The van der Waals surface area contributed by atoms with Crippen molar-refractivity contribution in [2.75, 3.05) is 0 Å². The maximum absolute atomic E-state index is 8.85. The Kier molecular flexibility index (Phi) is 2.88. The fraction of sp³-hybridized carbons (Fsp3) is 0.0714. The van der Waals surface area contributed by atoms with Gasteiger partial charge in [0, 0.05) is 0 Å². The van der Waals surface area contributed by atoms with Crippen LogP contribution in [0.5, 0.6) is 11.5 Å². The van der Waals surface area contributed by atoms with Crippen molar-refractivity contribution >= 4 is 0 Å². The Labute approximate surface area is 94.7 Å². The molecule has 0 N–H and O–H groups in total. The van der Waals surface area contributed by atoms with Gasteiger partial charge < -0.3 is 4.74 Å². The first-order valence-corrected chi connectivity index (χ1v) is 5.02. The number of nitriles is 1. The molecule has 0 bridgehead atoms. The lowest BCUT2D eigenvalue weighted by atomic mass is 10.1. The highest BCUT2D eigenvalue weighted by Crippen LogP contribution is 2.23. The predicted octanol–water partition coefficient (Wildman–Crippen LogP) is 3.66. The van der Waals surface area contributed by atoms with E-state index in [1.165, 1.54) is 0 Å². The molecule has 0 amide bonds. The standard InChI is InChI=1S/C14H11NO/c1-11-7-12(10-15)9-14(8-11)16-13-5-3-2-4-6-13/h2-9H,1H3. The summed E-state index contributed by atoms with van der Waals surface area (Å²) < 4.78 is 5.65. The van der Waals surface area contributed by atoms with Gasteiger partial charge in [-0.05, 0) is 42.8 Å². The van der Waals surface area contributed by atoms with Gasteiger partial charge in [-0.2, -0.15) is 5.26 Å². The summed E-state index contributed by atoms with van der Waals surface area (Å²) in [7, 11) is 0. The first kappa shape index (κ1) is 10.3. The molecule has 0 aliphatic heterocycles. The third-order valence-corrected chi connectivity index (χ3v) is 2.16. The summed E-state index contributed by atoms with van der Waals surface area (Å²) in [6.45, 7) is 1.94. The minimum atomic E-state index is 0.617. The second-order valence-corrected chi connectivity index (χ2v) is 3.56. The molecule has 0 aliphatic rings. The first-order chi connectivity index (χ1) is 7.78. The second kappa shape index (κ2) is 4.50. The Bertz CT molecular complexity index is 526. The molecule has 0 atom stereocenters. The van der Waals surface area contributed by atoms with E-state index in [1.807, 2.05) is 49.4 Å². The van der Waals surface area contributed by atoms with Crippen LogP contribution in [0.4, 0.5) is 0 Å². The Morgan fingerprint density at radius 2 is 1.75 bits per heavy atom. The van der Waals surface area contributed by atoms with Crippen LogP contribution in [0.25, 0.3) is 0 Å². The molecule has 16 heavy (non-hydrogen) atoms. The molecular formula is C14H11NO. The lowest BCUT2D eigenvalue weighted by Crippen LogP contribution is -1.86. The largest absolute Gasteiger partial charge is 0.457 e. The summed E-state index contributed by atoms with van der Waals surface area (Å²) in [5.41, 5.74) is 1.64. The lowest BCUT2D eigenvalue weighted by Gasteiger charge is -2.06. The lowest BCUT2D eigenvalue weighted by molar-refractivity contribution is 0.482. The molecule has 0 unspecified atom stereocenters. The SMILES string of the molecule is Cc1cc(C#N)cc(Oc2ccccc2)c1. The molecule has 0 saturated heterocycles. The topological polar surface area (TPSA) is 33.0 Å². The van der Waals surface area contributed by atoms with Crippen molar-refractivity contribution in [1.82, 2.24) is 0 Å². The summed E-state index contributed by atoms with van der Waals surface area (Å²) in [5.74, 6) is 1.47. The number of nitrogens with zero attached hydrogens (tertiary/aromatic N) is 1. The Hall–Kier alpha value is -2.27. The van der Waals surface area contributed by atoms with E-state index in [9.17, 15) is 0 Å². The van der Waals surface area contributed by atoms with Crippen molar-refractivity contribution in [3.05, 3.63) is 59.7 Å². The fourth-order valence-corrected chi connectivity index (χ4v) is 1.50. The summed E-state index contributed by atoms with van der Waals surface area (Å²) >= 11 is 0. The van der Waals surface area contributed by atoms with E-state index in [2.05, 4.69) is 6.07 Å². The van der Waals surface area contributed by atoms with Gasteiger partial charge in [-0.15, -0.1) is 0 Å². The van der Waals surface area contributed by atoms with Gasteiger partial charge in [0.2, 0.25) is 0 Å². The van der Waals surface area contributed by atoms with E-state index in [0.29, 0.717) is 11.3 Å². The van der Waals surface area contributed by atoms with Crippen LogP contribution in [-0.4, -0.2) is 0 Å². The third-order valence-electron chi connectivity index (χ3n) is 2.16. The molecule has 78 valence electrons. The molecule has 0 fully saturated rings. The monoisotopic (exact) mass is 209 g/mol. The van der Waals surface area contributed by atoms with Crippen molar-refractivity contribution in [1.29, 1.82) is 5.26 Å². The number of hydrogen-bond acceptors (Lipinski definition) is 2. The maximum atomic E-state index is 8.85. The molecule has 2 aromatic carbocycles. The van der Waals surface area contributed by atoms with Crippen molar-refractivity contribution < 1.29 is 4.74 Å². The third kappa shape index (κ3) is 2.40. The van der Waals surface area contributed by atoms with Crippen molar-refractivity contribution in [3.63, 3.8) is 0 Å². The summed E-state index contributed by atoms with van der Waals surface area (Å²) in [6.07, 6.45) is 0. The maximum Gasteiger partial charge on any atom is 0.129 e. The molecule has 0 aliphatic carbocycles. The zero-order chi connectivity index (χ0) is 11.4. The number of aryl methyl sites for hydroxylation is 1. The predicted molar refractivity (Wildman–Crippen MR) is 62.4 cm³/mol. The van der Waals surface area contributed by atoms with Crippen molar-refractivity contribution in [3.8, 4) is 17.6 Å². The average molecular weight is 209 g/mol. The summed E-state index contributed by atoms with van der Waals surface area (Å²) in [6, 6.07) is 17.1. The van der Waals surface area contributed by atoms with Crippen LogP contribution in [0.3, 0.4) is 0 Å². The quantitative estimate of drug-likeness (QED) is 0.756. The highest BCUT2D eigenvalue weighted by atomic mass is 16.5. The summed E-state index contributed by atoms with van der Waals surface area (Å²) in [5, 5.41) is 8.85. The molecule has 2 aromatic rings. The zero-order valence-electron chi connectivity index (χ0n) is 8.97. The van der Waals surface area contributed by atoms with E-state index in [1.54, 1.807) is 6.07 Å².